The summed E-state index contributed by atoms with van der Waals surface area (Å²) in [7, 11) is 2.76. The van der Waals surface area contributed by atoms with E-state index in [1.807, 2.05) is 0 Å². The van der Waals surface area contributed by atoms with Gasteiger partial charge in [-0.25, -0.2) is 0 Å². The summed E-state index contributed by atoms with van der Waals surface area (Å²) in [4.78, 5) is 24.8. The summed E-state index contributed by atoms with van der Waals surface area (Å²) in [6.07, 6.45) is 20.0. The highest BCUT2D eigenvalue weighted by Gasteiger charge is 2.30. The molecule has 1 aliphatic rings. The molecule has 0 bridgehead atoms. The minimum absolute atomic E-state index is 0.00153. The van der Waals surface area contributed by atoms with Crippen molar-refractivity contribution in [3.05, 3.63) is 22.5 Å². The van der Waals surface area contributed by atoms with Crippen LogP contribution in [0.3, 0.4) is 0 Å². The molecule has 0 unspecified atom stereocenters. The lowest BCUT2D eigenvalue weighted by molar-refractivity contribution is -0.119. The van der Waals surface area contributed by atoms with E-state index in [1.54, 1.807) is 0 Å². The summed E-state index contributed by atoms with van der Waals surface area (Å²) >= 11 is 1.45. The summed E-state index contributed by atoms with van der Waals surface area (Å²) in [5.41, 5.74) is 0. The maximum Gasteiger partial charge on any atom is 0.238 e. The first kappa shape index (κ1) is 25.8. The van der Waals surface area contributed by atoms with Crippen molar-refractivity contribution >= 4 is 23.3 Å². The van der Waals surface area contributed by atoms with Crippen LogP contribution in [0.1, 0.15) is 96.8 Å². The molecular weight excluding hydrogens is 384 g/mol. The Morgan fingerprint density at radius 2 is 1.14 bits per heavy atom. The summed E-state index contributed by atoms with van der Waals surface area (Å²) in [6, 6.07) is 0. The highest BCUT2D eigenvalue weighted by Crippen LogP contribution is 2.28. The number of ether oxygens (including phenoxy) is 2. The Morgan fingerprint density at radius 1 is 0.690 bits per heavy atom. The number of ketones is 2. The molecule has 0 saturated heterocycles. The Labute approximate surface area is 181 Å². The van der Waals surface area contributed by atoms with Crippen LogP contribution in [-0.2, 0) is 19.1 Å². The third-order valence-electron chi connectivity index (χ3n) is 5.29. The molecule has 4 nitrogen and oxygen atoms in total. The standard InChI is InChI=1S/C24H40O4S/c1-4-5-6-7-8-9-10-11-12-13-14-15-16-17-18-29-21-19-20(25)23(27-2)24(28-3)22(21)26/h19H,4-18H2,1-3H3. The number of allylic oxidation sites excluding steroid dienone is 2. The first-order chi connectivity index (χ1) is 14.2. The molecule has 0 spiro atoms. The summed E-state index contributed by atoms with van der Waals surface area (Å²) in [6.45, 7) is 2.27. The van der Waals surface area contributed by atoms with Crippen LogP contribution in [0.5, 0.6) is 0 Å². The van der Waals surface area contributed by atoms with Crippen LogP contribution in [-0.4, -0.2) is 31.5 Å². The second-order valence-corrected chi connectivity index (χ2v) is 8.85. The molecule has 0 aromatic carbocycles. The average molecular weight is 425 g/mol. The molecule has 0 aromatic heterocycles. The van der Waals surface area contributed by atoms with Crippen LogP contribution in [0, 0.1) is 0 Å². The predicted molar refractivity (Wildman–Crippen MR) is 122 cm³/mol. The fourth-order valence-corrected chi connectivity index (χ4v) is 4.52. The number of unbranched alkanes of at least 4 members (excludes halogenated alkanes) is 13. The van der Waals surface area contributed by atoms with Gasteiger partial charge in [-0.1, -0.05) is 90.4 Å². The van der Waals surface area contributed by atoms with Crippen molar-refractivity contribution in [1.29, 1.82) is 0 Å². The van der Waals surface area contributed by atoms with Gasteiger partial charge in [-0.15, -0.1) is 11.8 Å². The van der Waals surface area contributed by atoms with E-state index in [2.05, 4.69) is 6.92 Å². The van der Waals surface area contributed by atoms with Crippen LogP contribution in [0.15, 0.2) is 22.5 Å². The number of hydrogen-bond acceptors (Lipinski definition) is 5. The molecule has 0 atom stereocenters. The predicted octanol–water partition coefficient (Wildman–Crippen LogP) is 6.74. The molecule has 1 aliphatic carbocycles. The van der Waals surface area contributed by atoms with E-state index in [1.165, 1.54) is 116 Å². The molecule has 0 amide bonds. The quantitative estimate of drug-likeness (QED) is 0.180. The normalized spacial score (nSPS) is 14.4. The number of hydrogen-bond donors (Lipinski definition) is 0. The van der Waals surface area contributed by atoms with Crippen molar-refractivity contribution in [3.63, 3.8) is 0 Å². The van der Waals surface area contributed by atoms with Gasteiger partial charge in [0.2, 0.25) is 23.1 Å². The van der Waals surface area contributed by atoms with Crippen molar-refractivity contribution in [1.82, 2.24) is 0 Å². The Hall–Kier alpha value is -1.23. The minimum Gasteiger partial charge on any atom is -0.490 e. The summed E-state index contributed by atoms with van der Waals surface area (Å²) in [5, 5.41) is 0. The van der Waals surface area contributed by atoms with Crippen LogP contribution in [0.25, 0.3) is 0 Å². The molecule has 166 valence electrons. The fourth-order valence-electron chi connectivity index (χ4n) is 3.54. The van der Waals surface area contributed by atoms with E-state index in [9.17, 15) is 9.59 Å². The molecule has 0 fully saturated rings. The van der Waals surface area contributed by atoms with E-state index < -0.39 is 0 Å². The van der Waals surface area contributed by atoms with Gasteiger partial charge in [0.15, 0.2) is 0 Å². The maximum absolute atomic E-state index is 12.3. The lowest BCUT2D eigenvalue weighted by Crippen LogP contribution is -2.20. The highest BCUT2D eigenvalue weighted by atomic mass is 32.2. The molecule has 29 heavy (non-hydrogen) atoms. The monoisotopic (exact) mass is 424 g/mol. The number of carbonyl (C=O) groups is 2. The van der Waals surface area contributed by atoms with Crippen LogP contribution < -0.4 is 0 Å². The zero-order valence-corrected chi connectivity index (χ0v) is 19.5. The SMILES string of the molecule is CCCCCCCCCCCCCCCCSC1=CC(=O)C(OC)=C(OC)C1=O. The lowest BCUT2D eigenvalue weighted by atomic mass is 10.0. The van der Waals surface area contributed by atoms with E-state index >= 15 is 0 Å². The Morgan fingerprint density at radius 3 is 1.59 bits per heavy atom. The van der Waals surface area contributed by atoms with Gasteiger partial charge in [0.25, 0.3) is 0 Å². The van der Waals surface area contributed by atoms with Crippen molar-refractivity contribution in [2.75, 3.05) is 20.0 Å². The first-order valence-electron chi connectivity index (χ1n) is 11.4. The van der Waals surface area contributed by atoms with Gasteiger partial charge in [-0.2, -0.15) is 0 Å². The molecule has 0 saturated carbocycles. The third kappa shape index (κ3) is 10.4. The topological polar surface area (TPSA) is 52.6 Å². The second kappa shape index (κ2) is 16.6. The van der Waals surface area contributed by atoms with Gasteiger partial charge >= 0.3 is 0 Å². The zero-order chi connectivity index (χ0) is 21.3. The van der Waals surface area contributed by atoms with Crippen LogP contribution in [0.2, 0.25) is 0 Å². The number of thioether (sulfide) groups is 1. The van der Waals surface area contributed by atoms with Crippen molar-refractivity contribution in [3.8, 4) is 0 Å². The van der Waals surface area contributed by atoms with E-state index in [4.69, 9.17) is 9.47 Å². The molecular formula is C24H40O4S. The van der Waals surface area contributed by atoms with Gasteiger partial charge < -0.3 is 9.47 Å². The van der Waals surface area contributed by atoms with Gasteiger partial charge in [0, 0.05) is 6.08 Å². The van der Waals surface area contributed by atoms with Gasteiger partial charge in [0.05, 0.1) is 19.1 Å². The third-order valence-corrected chi connectivity index (χ3v) is 6.39. The number of methoxy groups -OCH3 is 2. The Kier molecular flexibility index (Phi) is 14.7. The van der Waals surface area contributed by atoms with Crippen molar-refractivity contribution in [2.24, 2.45) is 0 Å². The molecule has 1 rings (SSSR count). The smallest absolute Gasteiger partial charge is 0.238 e. The Balaban J connectivity index is 2.00. The van der Waals surface area contributed by atoms with Crippen LogP contribution in [0.4, 0.5) is 0 Å². The molecule has 5 heteroatoms. The molecule has 0 radical (unpaired) electrons. The second-order valence-electron chi connectivity index (χ2n) is 7.71. The van der Waals surface area contributed by atoms with Crippen molar-refractivity contribution < 1.29 is 19.1 Å². The molecule has 0 heterocycles. The van der Waals surface area contributed by atoms with E-state index in [0.29, 0.717) is 4.91 Å². The van der Waals surface area contributed by atoms with Gasteiger partial charge in [-0.3, -0.25) is 9.59 Å². The number of carbonyl (C=O) groups excluding carboxylic acids is 2. The summed E-state index contributed by atoms with van der Waals surface area (Å²) < 4.78 is 10.1. The maximum atomic E-state index is 12.3. The summed E-state index contributed by atoms with van der Waals surface area (Å²) in [5.74, 6) is 0.316. The number of rotatable bonds is 18. The van der Waals surface area contributed by atoms with E-state index in [0.717, 1.165) is 12.2 Å². The zero-order valence-electron chi connectivity index (χ0n) is 18.7. The first-order valence-corrected chi connectivity index (χ1v) is 12.4. The lowest BCUT2D eigenvalue weighted by Gasteiger charge is -2.16. The highest BCUT2D eigenvalue weighted by molar-refractivity contribution is 8.04. The molecule has 0 aliphatic heterocycles. The molecule has 0 N–H and O–H groups in total. The number of Topliss-reactive ketones (excluding diaryl/α,β-unsaturated/α-hetero) is 1. The largest absolute Gasteiger partial charge is 0.490 e. The van der Waals surface area contributed by atoms with Gasteiger partial charge in [0.1, 0.15) is 0 Å². The molecule has 0 aromatic rings. The van der Waals surface area contributed by atoms with Crippen molar-refractivity contribution in [2.45, 2.75) is 96.8 Å². The van der Waals surface area contributed by atoms with Gasteiger partial charge in [-0.05, 0) is 12.2 Å². The van der Waals surface area contributed by atoms with Crippen LogP contribution >= 0.6 is 11.8 Å². The van der Waals surface area contributed by atoms with E-state index in [-0.39, 0.29) is 23.1 Å². The minimum atomic E-state index is -0.299. The average Bonchev–Trinajstić information content (AvgIpc) is 2.72. The Bertz CT molecular complexity index is 551. The fraction of sp³-hybridized carbons (Fsp3) is 0.750.